The van der Waals surface area contributed by atoms with E-state index in [1.54, 1.807) is 32.9 Å². The van der Waals surface area contributed by atoms with E-state index in [1.807, 2.05) is 0 Å². The van der Waals surface area contributed by atoms with Crippen LogP contribution in [0, 0.1) is 19.7 Å². The van der Waals surface area contributed by atoms with Gasteiger partial charge >= 0.3 is 0 Å². The molecule has 0 bridgehead atoms. The fourth-order valence-electron chi connectivity index (χ4n) is 1.46. The van der Waals surface area contributed by atoms with Crippen molar-refractivity contribution in [2.24, 2.45) is 0 Å². The van der Waals surface area contributed by atoms with Gasteiger partial charge in [-0.15, -0.1) is 0 Å². The average molecular weight is 209 g/mol. The molecular formula is C12H16FNO. The van der Waals surface area contributed by atoms with Gasteiger partial charge in [0.2, 0.25) is 5.91 Å². The molecule has 82 valence electrons. The van der Waals surface area contributed by atoms with E-state index < -0.39 is 0 Å². The van der Waals surface area contributed by atoms with E-state index in [9.17, 15) is 9.18 Å². The van der Waals surface area contributed by atoms with E-state index in [0.29, 0.717) is 24.1 Å². The molecule has 0 saturated heterocycles. The minimum Gasteiger partial charge on any atom is -0.352 e. The lowest BCUT2D eigenvalue weighted by Gasteiger charge is -2.07. The standard InChI is InChI=1S/C12H16FNO/c1-4-11(15)14-7-10-5-8(2)12(13)9(3)6-10/h5-6H,4,7H2,1-3H3,(H,14,15). The van der Waals surface area contributed by atoms with Crippen molar-refractivity contribution < 1.29 is 9.18 Å². The smallest absolute Gasteiger partial charge is 0.219 e. The fourth-order valence-corrected chi connectivity index (χ4v) is 1.46. The van der Waals surface area contributed by atoms with Crippen LogP contribution in [0.2, 0.25) is 0 Å². The van der Waals surface area contributed by atoms with Gasteiger partial charge in [-0.1, -0.05) is 19.1 Å². The molecule has 0 spiro atoms. The Kier molecular flexibility index (Phi) is 3.83. The zero-order valence-electron chi connectivity index (χ0n) is 9.36. The molecule has 2 nitrogen and oxygen atoms in total. The number of nitrogens with one attached hydrogen (secondary N) is 1. The predicted octanol–water partition coefficient (Wildman–Crippen LogP) is 2.47. The SMILES string of the molecule is CCC(=O)NCc1cc(C)c(F)c(C)c1. The van der Waals surface area contributed by atoms with Crippen molar-refractivity contribution in [1.29, 1.82) is 0 Å². The van der Waals surface area contributed by atoms with Gasteiger partial charge in [0.05, 0.1) is 0 Å². The normalized spacial score (nSPS) is 10.1. The molecule has 0 aliphatic carbocycles. The Hall–Kier alpha value is -1.38. The molecule has 0 unspecified atom stereocenters. The Morgan fingerprint density at radius 1 is 1.33 bits per heavy atom. The summed E-state index contributed by atoms with van der Waals surface area (Å²) >= 11 is 0. The number of aryl methyl sites for hydroxylation is 2. The molecule has 1 N–H and O–H groups in total. The molecule has 1 rings (SSSR count). The minimum atomic E-state index is -0.166. The molecule has 3 heteroatoms. The number of carbonyl (C=O) groups excluding carboxylic acids is 1. The Morgan fingerprint density at radius 3 is 2.33 bits per heavy atom. The maximum atomic E-state index is 13.3. The fraction of sp³-hybridized carbons (Fsp3) is 0.417. The summed E-state index contributed by atoms with van der Waals surface area (Å²) in [6, 6.07) is 3.52. The van der Waals surface area contributed by atoms with E-state index in [2.05, 4.69) is 5.32 Å². The molecule has 1 aromatic rings. The van der Waals surface area contributed by atoms with Crippen LogP contribution in [0.5, 0.6) is 0 Å². The summed E-state index contributed by atoms with van der Waals surface area (Å²) < 4.78 is 13.3. The molecular weight excluding hydrogens is 193 g/mol. The lowest BCUT2D eigenvalue weighted by molar-refractivity contribution is -0.120. The number of rotatable bonds is 3. The first-order valence-electron chi connectivity index (χ1n) is 5.07. The van der Waals surface area contributed by atoms with E-state index in [0.717, 1.165) is 5.56 Å². The summed E-state index contributed by atoms with van der Waals surface area (Å²) in [6.07, 6.45) is 0.471. The number of benzene rings is 1. The zero-order valence-corrected chi connectivity index (χ0v) is 9.36. The van der Waals surface area contributed by atoms with Crippen molar-refractivity contribution >= 4 is 5.91 Å². The van der Waals surface area contributed by atoms with E-state index in [1.165, 1.54) is 0 Å². The molecule has 0 heterocycles. The molecule has 1 amide bonds. The molecule has 0 saturated carbocycles. The molecule has 15 heavy (non-hydrogen) atoms. The van der Waals surface area contributed by atoms with Crippen molar-refractivity contribution in [2.75, 3.05) is 0 Å². The van der Waals surface area contributed by atoms with Crippen LogP contribution in [0.4, 0.5) is 4.39 Å². The lowest BCUT2D eigenvalue weighted by Crippen LogP contribution is -2.21. The van der Waals surface area contributed by atoms with Crippen molar-refractivity contribution in [2.45, 2.75) is 33.7 Å². The van der Waals surface area contributed by atoms with Gasteiger partial charge in [0.25, 0.3) is 0 Å². The zero-order chi connectivity index (χ0) is 11.4. The van der Waals surface area contributed by atoms with Gasteiger partial charge in [-0.25, -0.2) is 4.39 Å². The van der Waals surface area contributed by atoms with Gasteiger partial charge in [0.1, 0.15) is 5.82 Å². The third-order valence-corrected chi connectivity index (χ3v) is 2.31. The quantitative estimate of drug-likeness (QED) is 0.814. The molecule has 0 aliphatic heterocycles. The van der Waals surface area contributed by atoms with Gasteiger partial charge in [-0.05, 0) is 30.5 Å². The summed E-state index contributed by atoms with van der Waals surface area (Å²) in [6.45, 7) is 5.73. The first-order chi connectivity index (χ1) is 7.04. The Morgan fingerprint density at radius 2 is 1.87 bits per heavy atom. The first kappa shape index (κ1) is 11.7. The number of hydrogen-bond donors (Lipinski definition) is 1. The van der Waals surface area contributed by atoms with Crippen LogP contribution < -0.4 is 5.32 Å². The maximum absolute atomic E-state index is 13.3. The second-order valence-electron chi connectivity index (χ2n) is 3.67. The molecule has 0 aliphatic rings. The van der Waals surface area contributed by atoms with Crippen molar-refractivity contribution in [3.63, 3.8) is 0 Å². The molecule has 0 radical (unpaired) electrons. The summed E-state index contributed by atoms with van der Waals surface area (Å²) in [5.74, 6) is -0.157. The van der Waals surface area contributed by atoms with Gasteiger partial charge in [-0.3, -0.25) is 4.79 Å². The highest BCUT2D eigenvalue weighted by atomic mass is 19.1. The third-order valence-electron chi connectivity index (χ3n) is 2.31. The second kappa shape index (κ2) is 4.91. The van der Waals surface area contributed by atoms with Crippen LogP contribution in [0.1, 0.15) is 30.0 Å². The summed E-state index contributed by atoms with van der Waals surface area (Å²) in [7, 11) is 0. The monoisotopic (exact) mass is 209 g/mol. The van der Waals surface area contributed by atoms with Gasteiger partial charge in [0, 0.05) is 13.0 Å². The summed E-state index contributed by atoms with van der Waals surface area (Å²) in [5, 5.41) is 2.76. The third kappa shape index (κ3) is 3.05. The Balaban J connectivity index is 2.75. The van der Waals surface area contributed by atoms with E-state index in [-0.39, 0.29) is 11.7 Å². The van der Waals surface area contributed by atoms with Gasteiger partial charge in [0.15, 0.2) is 0 Å². The van der Waals surface area contributed by atoms with E-state index >= 15 is 0 Å². The van der Waals surface area contributed by atoms with Crippen LogP contribution in [-0.4, -0.2) is 5.91 Å². The first-order valence-corrected chi connectivity index (χ1v) is 5.07. The highest BCUT2D eigenvalue weighted by Gasteiger charge is 2.04. The number of carbonyl (C=O) groups is 1. The highest BCUT2D eigenvalue weighted by Crippen LogP contribution is 2.14. The molecule has 0 fully saturated rings. The van der Waals surface area contributed by atoms with Gasteiger partial charge in [-0.2, -0.15) is 0 Å². The lowest BCUT2D eigenvalue weighted by atomic mass is 10.1. The van der Waals surface area contributed by atoms with Crippen LogP contribution in [0.3, 0.4) is 0 Å². The average Bonchev–Trinajstić information content (AvgIpc) is 2.22. The highest BCUT2D eigenvalue weighted by molar-refractivity contribution is 5.75. The summed E-state index contributed by atoms with van der Waals surface area (Å²) in [4.78, 5) is 11.0. The van der Waals surface area contributed by atoms with Crippen LogP contribution in [0.25, 0.3) is 0 Å². The predicted molar refractivity (Wildman–Crippen MR) is 58.0 cm³/mol. The largest absolute Gasteiger partial charge is 0.352 e. The van der Waals surface area contributed by atoms with Gasteiger partial charge < -0.3 is 5.32 Å². The van der Waals surface area contributed by atoms with Crippen LogP contribution >= 0.6 is 0 Å². The Bertz CT molecular complexity index is 351. The Labute approximate surface area is 89.5 Å². The van der Waals surface area contributed by atoms with Crippen molar-refractivity contribution in [3.05, 3.63) is 34.6 Å². The topological polar surface area (TPSA) is 29.1 Å². The number of amides is 1. The minimum absolute atomic E-state index is 0.00892. The molecule has 0 atom stereocenters. The van der Waals surface area contributed by atoms with Crippen molar-refractivity contribution in [3.8, 4) is 0 Å². The maximum Gasteiger partial charge on any atom is 0.219 e. The number of hydrogen-bond acceptors (Lipinski definition) is 1. The van der Waals surface area contributed by atoms with E-state index in [4.69, 9.17) is 0 Å². The van der Waals surface area contributed by atoms with Crippen LogP contribution in [-0.2, 0) is 11.3 Å². The molecule has 0 aromatic heterocycles. The van der Waals surface area contributed by atoms with Crippen molar-refractivity contribution in [1.82, 2.24) is 5.32 Å². The second-order valence-corrected chi connectivity index (χ2v) is 3.67. The summed E-state index contributed by atoms with van der Waals surface area (Å²) in [5.41, 5.74) is 2.18. The molecule has 1 aromatic carbocycles. The number of halogens is 1. The van der Waals surface area contributed by atoms with Crippen LogP contribution in [0.15, 0.2) is 12.1 Å².